The average molecular weight is 336 g/mol. The summed E-state index contributed by atoms with van der Waals surface area (Å²) in [5.74, 6) is 0. The van der Waals surface area contributed by atoms with Crippen LogP contribution in [0.4, 0.5) is 0 Å². The molecule has 0 atom stereocenters. The number of nitrogens with zero attached hydrogens (tertiary/aromatic N) is 2. The predicted octanol–water partition coefficient (Wildman–Crippen LogP) is 5.60. The van der Waals surface area contributed by atoms with Crippen LogP contribution in [0.5, 0.6) is 0 Å². The number of hydrogen-bond donors (Lipinski definition) is 0. The summed E-state index contributed by atoms with van der Waals surface area (Å²) in [4.78, 5) is 9.64. The second kappa shape index (κ2) is 7.75. The summed E-state index contributed by atoms with van der Waals surface area (Å²) in [6, 6.07) is 33.1. The fraction of sp³-hybridized carbons (Fsp3) is 0.0833. The zero-order chi connectivity index (χ0) is 17.6. The molecule has 0 unspecified atom stereocenters. The molecule has 0 fully saturated rings. The first-order chi connectivity index (χ1) is 12.9. The van der Waals surface area contributed by atoms with E-state index in [4.69, 9.17) is 9.97 Å². The van der Waals surface area contributed by atoms with Crippen LogP contribution in [0.1, 0.15) is 11.3 Å². The standard InChI is InChI=1S/C24H20N2/c1-3-9-19(10-4-1)17-18-21-13-7-15-23(25-21)24-16-8-14-22(26-24)20-11-5-2-6-12-20/h1-16H,17-18H2. The molecule has 2 aromatic carbocycles. The molecular formula is C24H20N2. The lowest BCUT2D eigenvalue weighted by Gasteiger charge is -2.07. The van der Waals surface area contributed by atoms with E-state index in [9.17, 15) is 0 Å². The molecule has 4 aromatic rings. The van der Waals surface area contributed by atoms with Gasteiger partial charge in [-0.1, -0.05) is 72.8 Å². The van der Waals surface area contributed by atoms with Crippen molar-refractivity contribution >= 4 is 0 Å². The van der Waals surface area contributed by atoms with Gasteiger partial charge in [0, 0.05) is 11.3 Å². The van der Waals surface area contributed by atoms with Crippen LogP contribution in [0.25, 0.3) is 22.6 Å². The SMILES string of the molecule is c1ccc(CCc2cccc(-c3cccc(-c4ccccc4)n3)n2)cc1. The third kappa shape index (κ3) is 3.86. The first-order valence-corrected chi connectivity index (χ1v) is 8.91. The van der Waals surface area contributed by atoms with Crippen molar-refractivity contribution in [3.05, 3.63) is 108 Å². The van der Waals surface area contributed by atoms with Gasteiger partial charge in [-0.05, 0) is 42.7 Å². The molecule has 0 aliphatic rings. The number of aryl methyl sites for hydroxylation is 2. The van der Waals surface area contributed by atoms with Crippen molar-refractivity contribution in [1.29, 1.82) is 0 Å². The Hall–Kier alpha value is -3.26. The molecule has 126 valence electrons. The Kier molecular flexibility index (Phi) is 4.83. The summed E-state index contributed by atoms with van der Waals surface area (Å²) in [5, 5.41) is 0. The molecule has 0 radical (unpaired) electrons. The molecule has 4 rings (SSSR count). The van der Waals surface area contributed by atoms with Crippen LogP contribution in [0, 0.1) is 0 Å². The highest BCUT2D eigenvalue weighted by atomic mass is 14.8. The third-order valence-corrected chi connectivity index (χ3v) is 4.40. The van der Waals surface area contributed by atoms with E-state index < -0.39 is 0 Å². The maximum absolute atomic E-state index is 4.83. The monoisotopic (exact) mass is 336 g/mol. The quantitative estimate of drug-likeness (QED) is 0.474. The summed E-state index contributed by atoms with van der Waals surface area (Å²) in [6.07, 6.45) is 1.92. The molecular weight excluding hydrogens is 316 g/mol. The fourth-order valence-electron chi connectivity index (χ4n) is 3.03. The van der Waals surface area contributed by atoms with Gasteiger partial charge < -0.3 is 0 Å². The zero-order valence-electron chi connectivity index (χ0n) is 14.5. The van der Waals surface area contributed by atoms with Gasteiger partial charge >= 0.3 is 0 Å². The smallest absolute Gasteiger partial charge is 0.0893 e. The van der Waals surface area contributed by atoms with Gasteiger partial charge in [0.1, 0.15) is 0 Å². The number of pyridine rings is 2. The van der Waals surface area contributed by atoms with E-state index in [-0.39, 0.29) is 0 Å². The van der Waals surface area contributed by atoms with Crippen LogP contribution in [-0.4, -0.2) is 9.97 Å². The van der Waals surface area contributed by atoms with Crippen molar-refractivity contribution in [2.45, 2.75) is 12.8 Å². The van der Waals surface area contributed by atoms with Gasteiger partial charge in [0.15, 0.2) is 0 Å². The number of rotatable bonds is 5. The van der Waals surface area contributed by atoms with E-state index in [1.165, 1.54) is 5.56 Å². The first kappa shape index (κ1) is 16.2. The Morgan fingerprint density at radius 1 is 0.462 bits per heavy atom. The molecule has 2 aromatic heterocycles. The minimum absolute atomic E-state index is 0.910. The van der Waals surface area contributed by atoms with Gasteiger partial charge in [-0.3, -0.25) is 4.98 Å². The van der Waals surface area contributed by atoms with E-state index in [0.29, 0.717) is 0 Å². The Balaban J connectivity index is 1.57. The van der Waals surface area contributed by atoms with Crippen LogP contribution in [0.2, 0.25) is 0 Å². The topological polar surface area (TPSA) is 25.8 Å². The molecule has 0 spiro atoms. The van der Waals surface area contributed by atoms with Gasteiger partial charge in [0.25, 0.3) is 0 Å². The van der Waals surface area contributed by atoms with Crippen molar-refractivity contribution in [2.75, 3.05) is 0 Å². The van der Waals surface area contributed by atoms with Crippen molar-refractivity contribution in [1.82, 2.24) is 9.97 Å². The van der Waals surface area contributed by atoms with Crippen LogP contribution in [-0.2, 0) is 12.8 Å². The Bertz CT molecular complexity index is 979. The zero-order valence-corrected chi connectivity index (χ0v) is 14.5. The van der Waals surface area contributed by atoms with E-state index in [2.05, 4.69) is 48.5 Å². The minimum atomic E-state index is 0.910. The third-order valence-electron chi connectivity index (χ3n) is 4.40. The van der Waals surface area contributed by atoms with Crippen LogP contribution in [0.15, 0.2) is 97.1 Å². The molecule has 0 saturated carbocycles. The second-order valence-corrected chi connectivity index (χ2v) is 6.27. The molecule has 0 N–H and O–H groups in total. The normalized spacial score (nSPS) is 10.6. The molecule has 0 aliphatic heterocycles. The Labute approximate surface area is 154 Å². The van der Waals surface area contributed by atoms with E-state index >= 15 is 0 Å². The van der Waals surface area contributed by atoms with Crippen molar-refractivity contribution in [3.63, 3.8) is 0 Å². The largest absolute Gasteiger partial charge is 0.251 e. The Morgan fingerprint density at radius 3 is 1.85 bits per heavy atom. The van der Waals surface area contributed by atoms with Gasteiger partial charge in [-0.25, -0.2) is 4.98 Å². The van der Waals surface area contributed by atoms with E-state index in [1.807, 2.05) is 48.5 Å². The van der Waals surface area contributed by atoms with Crippen LogP contribution < -0.4 is 0 Å². The summed E-state index contributed by atoms with van der Waals surface area (Å²) in [6.45, 7) is 0. The molecule has 2 nitrogen and oxygen atoms in total. The molecule has 0 saturated heterocycles. The lowest BCUT2D eigenvalue weighted by atomic mass is 10.1. The van der Waals surface area contributed by atoms with Crippen LogP contribution in [0.3, 0.4) is 0 Å². The fourth-order valence-corrected chi connectivity index (χ4v) is 3.03. The van der Waals surface area contributed by atoms with E-state index in [1.54, 1.807) is 0 Å². The average Bonchev–Trinajstić information content (AvgIpc) is 2.74. The minimum Gasteiger partial charge on any atom is -0.251 e. The maximum Gasteiger partial charge on any atom is 0.0893 e. The number of hydrogen-bond acceptors (Lipinski definition) is 2. The molecule has 2 heterocycles. The van der Waals surface area contributed by atoms with E-state index in [0.717, 1.165) is 41.2 Å². The first-order valence-electron chi connectivity index (χ1n) is 8.91. The number of aromatic nitrogens is 2. The summed E-state index contributed by atoms with van der Waals surface area (Å²) in [5.41, 5.74) is 6.36. The maximum atomic E-state index is 4.83. The van der Waals surface area contributed by atoms with Crippen LogP contribution >= 0.6 is 0 Å². The molecule has 26 heavy (non-hydrogen) atoms. The van der Waals surface area contributed by atoms with Gasteiger partial charge in [0.05, 0.1) is 17.1 Å². The highest BCUT2D eigenvalue weighted by molar-refractivity contribution is 5.64. The Morgan fingerprint density at radius 2 is 1.08 bits per heavy atom. The summed E-state index contributed by atoms with van der Waals surface area (Å²) >= 11 is 0. The number of benzene rings is 2. The predicted molar refractivity (Wildman–Crippen MR) is 107 cm³/mol. The van der Waals surface area contributed by atoms with Crippen molar-refractivity contribution in [3.8, 4) is 22.6 Å². The van der Waals surface area contributed by atoms with Crippen molar-refractivity contribution < 1.29 is 0 Å². The molecule has 2 heteroatoms. The lowest BCUT2D eigenvalue weighted by molar-refractivity contribution is 0.914. The molecule has 0 amide bonds. The highest BCUT2D eigenvalue weighted by Crippen LogP contribution is 2.21. The van der Waals surface area contributed by atoms with Gasteiger partial charge in [-0.2, -0.15) is 0 Å². The second-order valence-electron chi connectivity index (χ2n) is 6.27. The summed E-state index contributed by atoms with van der Waals surface area (Å²) < 4.78 is 0. The van der Waals surface area contributed by atoms with Crippen molar-refractivity contribution in [2.24, 2.45) is 0 Å². The molecule has 0 bridgehead atoms. The molecule has 0 aliphatic carbocycles. The van der Waals surface area contributed by atoms with Gasteiger partial charge in [-0.15, -0.1) is 0 Å². The highest BCUT2D eigenvalue weighted by Gasteiger charge is 2.06. The lowest BCUT2D eigenvalue weighted by Crippen LogP contribution is -1.97. The summed E-state index contributed by atoms with van der Waals surface area (Å²) in [7, 11) is 0. The van der Waals surface area contributed by atoms with Gasteiger partial charge in [0.2, 0.25) is 0 Å².